The van der Waals surface area contributed by atoms with E-state index in [9.17, 15) is 18.3 Å². The van der Waals surface area contributed by atoms with Crippen molar-refractivity contribution in [3.63, 3.8) is 0 Å². The molecule has 0 aromatic carbocycles. The fourth-order valence-electron chi connectivity index (χ4n) is 1.34. The summed E-state index contributed by atoms with van der Waals surface area (Å²) in [5.41, 5.74) is -0.266. The molecule has 1 unspecified atom stereocenters. The van der Waals surface area contributed by atoms with Crippen LogP contribution in [0.5, 0.6) is 0 Å². The van der Waals surface area contributed by atoms with Crippen molar-refractivity contribution in [1.29, 1.82) is 0 Å². The normalized spacial score (nSPS) is 13.6. The summed E-state index contributed by atoms with van der Waals surface area (Å²) in [4.78, 5) is 3.59. The van der Waals surface area contributed by atoms with Gasteiger partial charge in [0.2, 0.25) is 0 Å². The van der Waals surface area contributed by atoms with Gasteiger partial charge in [-0.15, -0.1) is 0 Å². The average Bonchev–Trinajstić information content (AvgIpc) is 2.80. The molecule has 0 amide bonds. The molecule has 90 valence electrons. The first-order valence-electron chi connectivity index (χ1n) is 4.72. The Morgan fingerprint density at radius 1 is 1.24 bits per heavy atom. The summed E-state index contributed by atoms with van der Waals surface area (Å²) >= 11 is 0. The highest BCUT2D eigenvalue weighted by atomic mass is 19.4. The summed E-state index contributed by atoms with van der Waals surface area (Å²) in [6, 6.07) is 3.54. The smallest absolute Gasteiger partial charge is 0.417 e. The topological polar surface area (TPSA) is 46.3 Å². The lowest BCUT2D eigenvalue weighted by Gasteiger charge is -2.10. The van der Waals surface area contributed by atoms with E-state index >= 15 is 0 Å². The summed E-state index contributed by atoms with van der Waals surface area (Å²) in [6.45, 7) is 0. The van der Waals surface area contributed by atoms with E-state index in [1.807, 2.05) is 0 Å². The lowest BCUT2D eigenvalue weighted by atomic mass is 10.1. The lowest BCUT2D eigenvalue weighted by molar-refractivity contribution is -0.137. The van der Waals surface area contributed by atoms with Gasteiger partial charge in [0.05, 0.1) is 23.8 Å². The van der Waals surface area contributed by atoms with Crippen LogP contribution in [0.2, 0.25) is 0 Å². The van der Waals surface area contributed by atoms with Crippen molar-refractivity contribution in [2.45, 2.75) is 12.3 Å². The minimum Gasteiger partial charge on any atom is -0.472 e. The number of nitrogens with zero attached hydrogens (tertiary/aromatic N) is 1. The van der Waals surface area contributed by atoms with E-state index in [4.69, 9.17) is 4.42 Å². The number of aromatic nitrogens is 1. The molecule has 0 saturated heterocycles. The second-order valence-corrected chi connectivity index (χ2v) is 3.43. The Balaban J connectivity index is 2.24. The molecule has 1 N–H and O–H groups in total. The van der Waals surface area contributed by atoms with Crippen molar-refractivity contribution in [3.8, 4) is 0 Å². The molecule has 17 heavy (non-hydrogen) atoms. The van der Waals surface area contributed by atoms with Gasteiger partial charge >= 0.3 is 6.18 Å². The molecule has 0 fully saturated rings. The van der Waals surface area contributed by atoms with E-state index < -0.39 is 17.8 Å². The number of aliphatic hydroxyl groups is 1. The van der Waals surface area contributed by atoms with Crippen LogP contribution in [0.1, 0.15) is 22.9 Å². The molecule has 6 heteroatoms. The molecule has 0 spiro atoms. The Morgan fingerprint density at radius 3 is 2.47 bits per heavy atom. The van der Waals surface area contributed by atoms with E-state index in [1.165, 1.54) is 18.6 Å². The predicted octanol–water partition coefficient (Wildman–Crippen LogP) is 2.78. The minimum absolute atomic E-state index is 0.138. The summed E-state index contributed by atoms with van der Waals surface area (Å²) in [5.74, 6) is 0. The first-order valence-corrected chi connectivity index (χ1v) is 4.72. The number of alkyl halides is 3. The molecular formula is C11H8F3NO2. The Labute approximate surface area is 94.5 Å². The van der Waals surface area contributed by atoms with Crippen LogP contribution in [0, 0.1) is 0 Å². The van der Waals surface area contributed by atoms with Crippen molar-refractivity contribution >= 4 is 0 Å². The summed E-state index contributed by atoms with van der Waals surface area (Å²) in [6.07, 6.45) is -2.15. The van der Waals surface area contributed by atoms with E-state index in [0.29, 0.717) is 11.8 Å². The minimum atomic E-state index is -4.42. The molecule has 0 aliphatic heterocycles. The molecule has 0 bridgehead atoms. The maximum absolute atomic E-state index is 12.3. The highest BCUT2D eigenvalue weighted by Gasteiger charge is 2.31. The molecule has 3 nitrogen and oxygen atoms in total. The van der Waals surface area contributed by atoms with Crippen LogP contribution < -0.4 is 0 Å². The third-order valence-electron chi connectivity index (χ3n) is 2.25. The number of hydrogen-bond acceptors (Lipinski definition) is 3. The molecule has 0 aliphatic carbocycles. The second kappa shape index (κ2) is 4.21. The van der Waals surface area contributed by atoms with Crippen LogP contribution in [0.25, 0.3) is 0 Å². The van der Waals surface area contributed by atoms with E-state index in [-0.39, 0.29) is 5.69 Å². The van der Waals surface area contributed by atoms with Gasteiger partial charge in [-0.25, -0.2) is 0 Å². The molecule has 0 aliphatic rings. The predicted molar refractivity (Wildman–Crippen MR) is 52.0 cm³/mol. The third-order valence-corrected chi connectivity index (χ3v) is 2.25. The number of rotatable bonds is 2. The molecule has 0 radical (unpaired) electrons. The fourth-order valence-corrected chi connectivity index (χ4v) is 1.34. The largest absolute Gasteiger partial charge is 0.472 e. The fraction of sp³-hybridized carbons (Fsp3) is 0.182. The molecular weight excluding hydrogens is 235 g/mol. The van der Waals surface area contributed by atoms with Crippen molar-refractivity contribution < 1.29 is 22.7 Å². The zero-order valence-electron chi connectivity index (χ0n) is 8.48. The number of aliphatic hydroxyl groups excluding tert-OH is 1. The second-order valence-electron chi connectivity index (χ2n) is 3.43. The van der Waals surface area contributed by atoms with Crippen molar-refractivity contribution in [3.05, 3.63) is 53.7 Å². The van der Waals surface area contributed by atoms with Gasteiger partial charge in [0.15, 0.2) is 0 Å². The van der Waals surface area contributed by atoms with Crippen LogP contribution in [0.3, 0.4) is 0 Å². The monoisotopic (exact) mass is 243 g/mol. The van der Waals surface area contributed by atoms with Gasteiger partial charge in [-0.2, -0.15) is 13.2 Å². The SMILES string of the molecule is OC(c1ccoc1)c1ccc(C(F)(F)F)cn1. The van der Waals surface area contributed by atoms with Crippen LogP contribution in [-0.4, -0.2) is 10.1 Å². The summed E-state index contributed by atoms with van der Waals surface area (Å²) < 4.78 is 41.6. The quantitative estimate of drug-likeness (QED) is 0.882. The van der Waals surface area contributed by atoms with Gasteiger partial charge in [0.25, 0.3) is 0 Å². The molecule has 2 aromatic heterocycles. The molecule has 2 aromatic rings. The molecule has 1 atom stereocenters. The van der Waals surface area contributed by atoms with Crippen molar-refractivity contribution in [2.24, 2.45) is 0 Å². The maximum atomic E-state index is 12.3. The number of hydrogen-bond donors (Lipinski definition) is 1. The molecule has 2 rings (SSSR count). The summed E-state index contributed by atoms with van der Waals surface area (Å²) in [7, 11) is 0. The Bertz CT molecular complexity index is 476. The average molecular weight is 243 g/mol. The lowest BCUT2D eigenvalue weighted by Crippen LogP contribution is -2.07. The van der Waals surface area contributed by atoms with Gasteiger partial charge in [-0.3, -0.25) is 4.98 Å². The van der Waals surface area contributed by atoms with Gasteiger partial charge in [-0.05, 0) is 18.2 Å². The van der Waals surface area contributed by atoms with E-state index in [0.717, 1.165) is 12.1 Å². The first kappa shape index (κ1) is 11.7. The van der Waals surface area contributed by atoms with Crippen LogP contribution in [0.4, 0.5) is 13.2 Å². The zero-order chi connectivity index (χ0) is 12.5. The highest BCUT2D eigenvalue weighted by molar-refractivity contribution is 5.24. The first-order chi connectivity index (χ1) is 7.98. The van der Waals surface area contributed by atoms with Crippen LogP contribution in [0.15, 0.2) is 41.3 Å². The Kier molecular flexibility index (Phi) is 2.89. The number of furan rings is 1. The van der Waals surface area contributed by atoms with Crippen LogP contribution in [-0.2, 0) is 6.18 Å². The van der Waals surface area contributed by atoms with E-state index in [1.54, 1.807) is 0 Å². The van der Waals surface area contributed by atoms with E-state index in [2.05, 4.69) is 4.98 Å². The standard InChI is InChI=1S/C11H8F3NO2/c12-11(13,14)8-1-2-9(15-5-8)10(16)7-3-4-17-6-7/h1-6,10,16H. The van der Waals surface area contributed by atoms with Crippen LogP contribution >= 0.6 is 0 Å². The zero-order valence-corrected chi connectivity index (χ0v) is 8.48. The molecule has 2 heterocycles. The Morgan fingerprint density at radius 2 is 2.00 bits per heavy atom. The maximum Gasteiger partial charge on any atom is 0.417 e. The van der Waals surface area contributed by atoms with Gasteiger partial charge in [-0.1, -0.05) is 0 Å². The van der Waals surface area contributed by atoms with Gasteiger partial charge in [0.1, 0.15) is 6.10 Å². The summed E-state index contributed by atoms with van der Waals surface area (Å²) in [5, 5.41) is 9.77. The van der Waals surface area contributed by atoms with Gasteiger partial charge < -0.3 is 9.52 Å². The highest BCUT2D eigenvalue weighted by Crippen LogP contribution is 2.29. The Hall–Kier alpha value is -1.82. The van der Waals surface area contributed by atoms with Crippen molar-refractivity contribution in [2.75, 3.05) is 0 Å². The third kappa shape index (κ3) is 2.47. The number of halogens is 3. The van der Waals surface area contributed by atoms with Crippen molar-refractivity contribution in [1.82, 2.24) is 4.98 Å². The van der Waals surface area contributed by atoms with Gasteiger partial charge in [0, 0.05) is 11.8 Å². The number of pyridine rings is 1. The molecule has 0 saturated carbocycles.